The molecular weight excluding hydrogens is 470 g/mol. The molecule has 1 heterocycles. The first-order valence-corrected chi connectivity index (χ1v) is 12.5. The van der Waals surface area contributed by atoms with Gasteiger partial charge in [0.05, 0.1) is 12.2 Å². The van der Waals surface area contributed by atoms with Crippen molar-refractivity contribution in [2.24, 2.45) is 5.73 Å². The van der Waals surface area contributed by atoms with Crippen molar-refractivity contribution in [2.75, 3.05) is 13.2 Å². The maximum atomic E-state index is 12.7. The molecule has 8 nitrogen and oxygen atoms in total. The van der Waals surface area contributed by atoms with E-state index in [1.807, 2.05) is 70.2 Å². The second-order valence-corrected chi connectivity index (χ2v) is 9.61. The Morgan fingerprint density at radius 2 is 1.70 bits per heavy atom. The molecule has 0 fully saturated rings. The minimum absolute atomic E-state index is 0. The SMILES string of the molecule is CC(C)(C)N.CCOC(Cc1ccc(OCCn2c(CC)nc(-c3ccccc3)cc2=O)cc1)C(=O)O. The van der Waals surface area contributed by atoms with Crippen LogP contribution in [0.5, 0.6) is 5.75 Å². The first-order valence-electron chi connectivity index (χ1n) is 12.5. The molecule has 8 heteroatoms. The molecule has 2 aromatic carbocycles. The highest BCUT2D eigenvalue weighted by Crippen LogP contribution is 2.16. The molecule has 200 valence electrons. The molecule has 0 aliphatic heterocycles. The van der Waals surface area contributed by atoms with Gasteiger partial charge in [0.2, 0.25) is 0 Å². The molecule has 0 spiro atoms. The highest BCUT2D eigenvalue weighted by molar-refractivity contribution is 5.72. The van der Waals surface area contributed by atoms with Crippen molar-refractivity contribution in [1.29, 1.82) is 0 Å². The second kappa shape index (κ2) is 14.3. The largest absolute Gasteiger partial charge is 0.492 e. The number of ether oxygens (including phenoxy) is 2. The van der Waals surface area contributed by atoms with E-state index in [1.54, 1.807) is 29.7 Å². The summed E-state index contributed by atoms with van der Waals surface area (Å²) in [5, 5.41) is 9.21. The standard InChI is InChI=1S/C25H28N2O5.C4H11N/c1-3-23-26-21(19-8-6-5-7-9-19)17-24(28)27(23)14-15-32-20-12-10-18(11-13-20)16-22(25(29)30)31-4-2;1-4(2,3)5/h5-13,17,22H,3-4,14-16H2,1-2H3,(H,29,30);5H2,1-3H3. The van der Waals surface area contributed by atoms with Crippen LogP contribution in [0.2, 0.25) is 0 Å². The van der Waals surface area contributed by atoms with E-state index in [0.717, 1.165) is 11.1 Å². The fraction of sp³-hybridized carbons (Fsp3) is 0.414. The number of nitrogens with zero attached hydrogens (tertiary/aromatic N) is 2. The van der Waals surface area contributed by atoms with Crippen LogP contribution in [0.1, 0.15) is 46.0 Å². The topological polar surface area (TPSA) is 117 Å². The number of nitrogens with two attached hydrogens (primary N) is 1. The van der Waals surface area contributed by atoms with Crippen molar-refractivity contribution in [3.63, 3.8) is 0 Å². The van der Waals surface area contributed by atoms with Crippen LogP contribution in [0.4, 0.5) is 0 Å². The molecule has 37 heavy (non-hydrogen) atoms. The highest BCUT2D eigenvalue weighted by Gasteiger charge is 2.17. The monoisotopic (exact) mass is 509 g/mol. The Morgan fingerprint density at radius 3 is 2.24 bits per heavy atom. The number of carboxylic acid groups (broad SMARTS) is 1. The van der Waals surface area contributed by atoms with E-state index in [2.05, 4.69) is 4.98 Å². The minimum Gasteiger partial charge on any atom is -0.492 e. The maximum Gasteiger partial charge on any atom is 0.333 e. The van der Waals surface area contributed by atoms with Crippen LogP contribution in [-0.2, 0) is 28.9 Å². The number of rotatable bonds is 11. The normalized spacial score (nSPS) is 11.8. The summed E-state index contributed by atoms with van der Waals surface area (Å²) in [4.78, 5) is 28.6. The predicted octanol–water partition coefficient (Wildman–Crippen LogP) is 4.33. The number of aryl methyl sites for hydroxylation is 1. The Bertz CT molecular complexity index is 1160. The lowest BCUT2D eigenvalue weighted by molar-refractivity contribution is -0.149. The van der Waals surface area contributed by atoms with Gasteiger partial charge in [-0.25, -0.2) is 9.78 Å². The number of aliphatic carboxylic acids is 1. The van der Waals surface area contributed by atoms with Crippen molar-refractivity contribution in [2.45, 2.75) is 65.6 Å². The Kier molecular flexibility index (Phi) is 11.5. The molecule has 0 amide bonds. The molecule has 0 aliphatic rings. The Labute approximate surface area is 219 Å². The van der Waals surface area contributed by atoms with Gasteiger partial charge in [0, 0.05) is 36.6 Å². The molecule has 0 saturated heterocycles. The molecule has 3 rings (SSSR count). The highest BCUT2D eigenvalue weighted by atomic mass is 16.5. The number of carbonyl (C=O) groups is 1. The summed E-state index contributed by atoms with van der Waals surface area (Å²) in [6, 6.07) is 18.4. The fourth-order valence-corrected chi connectivity index (χ4v) is 3.43. The average Bonchev–Trinajstić information content (AvgIpc) is 2.85. The number of aromatic nitrogens is 2. The summed E-state index contributed by atoms with van der Waals surface area (Å²) in [5.41, 5.74) is 7.69. The third-order valence-electron chi connectivity index (χ3n) is 5.04. The predicted molar refractivity (Wildman–Crippen MR) is 146 cm³/mol. The van der Waals surface area contributed by atoms with Crippen LogP contribution in [0, 0.1) is 0 Å². The van der Waals surface area contributed by atoms with Gasteiger partial charge in [-0.05, 0) is 45.4 Å². The average molecular weight is 510 g/mol. The van der Waals surface area contributed by atoms with Gasteiger partial charge in [-0.1, -0.05) is 49.4 Å². The lowest BCUT2D eigenvalue weighted by Gasteiger charge is -2.14. The molecule has 3 aromatic rings. The molecule has 1 unspecified atom stereocenters. The zero-order chi connectivity index (χ0) is 27.4. The van der Waals surface area contributed by atoms with Crippen LogP contribution < -0.4 is 16.0 Å². The van der Waals surface area contributed by atoms with Crippen LogP contribution in [0.15, 0.2) is 65.5 Å². The zero-order valence-electron chi connectivity index (χ0n) is 22.4. The van der Waals surface area contributed by atoms with Crippen molar-refractivity contribution >= 4 is 5.97 Å². The van der Waals surface area contributed by atoms with E-state index in [4.69, 9.17) is 15.2 Å². The van der Waals surface area contributed by atoms with Gasteiger partial charge in [0.15, 0.2) is 6.10 Å². The molecule has 0 bridgehead atoms. The summed E-state index contributed by atoms with van der Waals surface area (Å²) in [7, 11) is 0. The molecule has 0 radical (unpaired) electrons. The molecule has 0 aliphatic carbocycles. The number of benzene rings is 2. The van der Waals surface area contributed by atoms with Crippen molar-refractivity contribution < 1.29 is 19.4 Å². The maximum absolute atomic E-state index is 12.7. The van der Waals surface area contributed by atoms with Crippen LogP contribution in [-0.4, -0.2) is 45.5 Å². The van der Waals surface area contributed by atoms with Gasteiger partial charge >= 0.3 is 5.97 Å². The second-order valence-electron chi connectivity index (χ2n) is 9.61. The lowest BCUT2D eigenvalue weighted by atomic mass is 10.1. The van der Waals surface area contributed by atoms with E-state index in [-0.39, 0.29) is 17.5 Å². The summed E-state index contributed by atoms with van der Waals surface area (Å²) >= 11 is 0. The third kappa shape index (κ3) is 10.6. The van der Waals surface area contributed by atoms with Gasteiger partial charge in [0.1, 0.15) is 18.2 Å². The van der Waals surface area contributed by atoms with E-state index in [0.29, 0.717) is 43.4 Å². The smallest absolute Gasteiger partial charge is 0.333 e. The molecule has 0 saturated carbocycles. The van der Waals surface area contributed by atoms with E-state index in [1.165, 1.54) is 0 Å². The minimum atomic E-state index is -0.976. The fourth-order valence-electron chi connectivity index (χ4n) is 3.43. The summed E-state index contributed by atoms with van der Waals surface area (Å²) < 4.78 is 12.7. The number of carboxylic acids is 1. The lowest BCUT2D eigenvalue weighted by Crippen LogP contribution is -2.27. The Morgan fingerprint density at radius 1 is 1.08 bits per heavy atom. The zero-order valence-corrected chi connectivity index (χ0v) is 22.4. The molecule has 1 aromatic heterocycles. The number of hydrogen-bond acceptors (Lipinski definition) is 6. The van der Waals surface area contributed by atoms with Gasteiger partial charge < -0.3 is 20.3 Å². The quantitative estimate of drug-likeness (QED) is 0.395. The Hall–Kier alpha value is -3.49. The third-order valence-corrected chi connectivity index (χ3v) is 5.04. The van der Waals surface area contributed by atoms with Crippen molar-refractivity contribution in [3.05, 3.63) is 82.4 Å². The van der Waals surface area contributed by atoms with Crippen LogP contribution >= 0.6 is 0 Å². The molecular formula is C29H39N3O5. The van der Waals surface area contributed by atoms with Gasteiger partial charge in [0.25, 0.3) is 5.56 Å². The number of hydrogen-bond donors (Lipinski definition) is 2. The summed E-state index contributed by atoms with van der Waals surface area (Å²) in [6.07, 6.45) is 0.0605. The molecule has 3 N–H and O–H groups in total. The van der Waals surface area contributed by atoms with E-state index >= 15 is 0 Å². The Balaban J connectivity index is 0.000000877. The van der Waals surface area contributed by atoms with Crippen LogP contribution in [0.25, 0.3) is 11.3 Å². The van der Waals surface area contributed by atoms with Gasteiger partial charge in [-0.2, -0.15) is 0 Å². The summed E-state index contributed by atoms with van der Waals surface area (Å²) in [5.74, 6) is 0.388. The molecule has 1 atom stereocenters. The van der Waals surface area contributed by atoms with Gasteiger partial charge in [-0.3, -0.25) is 9.36 Å². The van der Waals surface area contributed by atoms with Crippen molar-refractivity contribution in [3.8, 4) is 17.0 Å². The first-order chi connectivity index (χ1) is 17.5. The first kappa shape index (κ1) is 29.7. The van der Waals surface area contributed by atoms with Crippen molar-refractivity contribution in [1.82, 2.24) is 9.55 Å². The van der Waals surface area contributed by atoms with Gasteiger partial charge in [-0.15, -0.1) is 0 Å². The summed E-state index contributed by atoms with van der Waals surface area (Å²) in [6.45, 7) is 10.7. The van der Waals surface area contributed by atoms with E-state index in [9.17, 15) is 14.7 Å². The van der Waals surface area contributed by atoms with Crippen LogP contribution in [0.3, 0.4) is 0 Å². The van der Waals surface area contributed by atoms with E-state index < -0.39 is 12.1 Å².